The second-order valence-electron chi connectivity index (χ2n) is 3.52. The van der Waals surface area contributed by atoms with Crippen LogP contribution < -0.4 is 9.84 Å². The Morgan fingerprint density at radius 1 is 1.56 bits per heavy atom. The molecule has 5 heteroatoms. The van der Waals surface area contributed by atoms with Crippen LogP contribution in [0.3, 0.4) is 0 Å². The van der Waals surface area contributed by atoms with Crippen LogP contribution in [0.1, 0.15) is 15.9 Å². The lowest BCUT2D eigenvalue weighted by molar-refractivity contribution is -0.307. The Morgan fingerprint density at radius 2 is 2.31 bits per heavy atom. The molecule has 0 fully saturated rings. The van der Waals surface area contributed by atoms with Crippen LogP contribution in [-0.2, 0) is 11.2 Å². The summed E-state index contributed by atoms with van der Waals surface area (Å²) in [6.07, 6.45) is 0.608. The fraction of sp³-hybridized carbons (Fsp3) is 0.273. The van der Waals surface area contributed by atoms with Gasteiger partial charge >= 0.3 is 0 Å². The van der Waals surface area contributed by atoms with Crippen molar-refractivity contribution in [1.29, 1.82) is 0 Å². The molecule has 0 saturated carbocycles. The van der Waals surface area contributed by atoms with Crippen molar-refractivity contribution in [2.45, 2.75) is 11.2 Å². The van der Waals surface area contributed by atoms with E-state index >= 15 is 0 Å². The summed E-state index contributed by atoms with van der Waals surface area (Å²) in [5.74, 6) is -0.770. The van der Waals surface area contributed by atoms with Crippen molar-refractivity contribution in [3.8, 4) is 5.75 Å². The number of alkyl halides is 1. The second kappa shape index (κ2) is 4.25. The van der Waals surface area contributed by atoms with Crippen molar-refractivity contribution in [3.05, 3.63) is 29.3 Å². The minimum Gasteiger partial charge on any atom is -0.546 e. The summed E-state index contributed by atoms with van der Waals surface area (Å²) in [4.78, 5) is 21.6. The molecular weight excluding hydrogens is 276 g/mol. The number of benzene rings is 1. The Bertz CT molecular complexity index is 455. The van der Waals surface area contributed by atoms with Gasteiger partial charge in [0.2, 0.25) is 0 Å². The quantitative estimate of drug-likeness (QED) is 0.750. The third kappa shape index (κ3) is 2.09. The SMILES string of the molecule is O=C([O-])COc1ccc2c(c1)CC(Br)C2=O. The van der Waals surface area contributed by atoms with Crippen molar-refractivity contribution in [1.82, 2.24) is 0 Å². The van der Waals surface area contributed by atoms with Crippen LogP contribution in [0, 0.1) is 0 Å². The second-order valence-corrected chi connectivity index (χ2v) is 4.62. The van der Waals surface area contributed by atoms with E-state index in [1.54, 1.807) is 18.2 Å². The fourth-order valence-corrected chi connectivity index (χ4v) is 2.26. The molecule has 1 aliphatic rings. The molecule has 0 heterocycles. The first kappa shape index (κ1) is 11.1. The average Bonchev–Trinajstić information content (AvgIpc) is 2.52. The van der Waals surface area contributed by atoms with Gasteiger partial charge in [0.25, 0.3) is 0 Å². The molecule has 1 aromatic carbocycles. The number of carboxylic acids is 1. The van der Waals surface area contributed by atoms with Crippen LogP contribution in [-0.4, -0.2) is 23.2 Å². The third-order valence-corrected chi connectivity index (χ3v) is 3.12. The summed E-state index contributed by atoms with van der Waals surface area (Å²) in [6.45, 7) is -0.482. The number of fused-ring (bicyclic) bond motifs is 1. The highest BCUT2D eigenvalue weighted by Crippen LogP contribution is 2.29. The summed E-state index contributed by atoms with van der Waals surface area (Å²) in [7, 11) is 0. The van der Waals surface area contributed by atoms with Gasteiger partial charge in [-0.3, -0.25) is 4.79 Å². The summed E-state index contributed by atoms with van der Waals surface area (Å²) >= 11 is 3.28. The van der Waals surface area contributed by atoms with E-state index in [0.717, 1.165) is 5.56 Å². The molecule has 0 aliphatic heterocycles. The largest absolute Gasteiger partial charge is 0.546 e. The van der Waals surface area contributed by atoms with Crippen molar-refractivity contribution >= 4 is 27.7 Å². The van der Waals surface area contributed by atoms with Crippen molar-refractivity contribution in [2.75, 3.05) is 6.61 Å². The lowest BCUT2D eigenvalue weighted by atomic mass is 10.1. The minimum atomic E-state index is -1.27. The Balaban J connectivity index is 2.18. The summed E-state index contributed by atoms with van der Waals surface area (Å²) in [6, 6.07) is 4.94. The van der Waals surface area contributed by atoms with E-state index in [2.05, 4.69) is 15.9 Å². The Kier molecular flexibility index (Phi) is 2.96. The number of carbonyl (C=O) groups is 2. The minimum absolute atomic E-state index is 0.0569. The molecule has 0 spiro atoms. The number of carbonyl (C=O) groups excluding carboxylic acids is 2. The predicted octanol–water partition coefficient (Wildman–Crippen LogP) is 0.318. The maximum atomic E-state index is 11.6. The van der Waals surface area contributed by atoms with Gasteiger partial charge in [0.15, 0.2) is 5.78 Å². The maximum Gasteiger partial charge on any atom is 0.177 e. The molecule has 1 aliphatic carbocycles. The zero-order valence-corrected chi connectivity index (χ0v) is 9.82. The number of ketones is 1. The van der Waals surface area contributed by atoms with E-state index in [1.165, 1.54) is 0 Å². The van der Waals surface area contributed by atoms with Gasteiger partial charge in [-0.05, 0) is 30.2 Å². The first-order chi connectivity index (χ1) is 7.58. The van der Waals surface area contributed by atoms with E-state index in [4.69, 9.17) is 4.74 Å². The number of Topliss-reactive ketones (excluding diaryl/α,β-unsaturated/α-hetero) is 1. The van der Waals surface area contributed by atoms with Gasteiger partial charge < -0.3 is 14.6 Å². The lowest BCUT2D eigenvalue weighted by Crippen LogP contribution is -2.28. The smallest absolute Gasteiger partial charge is 0.177 e. The van der Waals surface area contributed by atoms with Crippen molar-refractivity contribution in [2.24, 2.45) is 0 Å². The van der Waals surface area contributed by atoms with Crippen LogP contribution >= 0.6 is 15.9 Å². The van der Waals surface area contributed by atoms with Gasteiger partial charge in [0, 0.05) is 5.56 Å². The van der Waals surface area contributed by atoms with Gasteiger partial charge in [-0.2, -0.15) is 0 Å². The van der Waals surface area contributed by atoms with Crippen LogP contribution in [0.25, 0.3) is 0 Å². The molecule has 1 atom stereocenters. The summed E-state index contributed by atoms with van der Waals surface area (Å²) < 4.78 is 4.97. The summed E-state index contributed by atoms with van der Waals surface area (Å²) in [5, 5.41) is 10.2. The molecule has 16 heavy (non-hydrogen) atoms. The van der Waals surface area contributed by atoms with Crippen molar-refractivity contribution in [3.63, 3.8) is 0 Å². The molecule has 84 valence electrons. The molecular formula is C11H8BrO4-. The van der Waals surface area contributed by atoms with Crippen LogP contribution in [0.4, 0.5) is 0 Å². The molecule has 0 amide bonds. The van der Waals surface area contributed by atoms with E-state index in [1.807, 2.05) is 0 Å². The van der Waals surface area contributed by atoms with Gasteiger partial charge in [-0.15, -0.1) is 0 Å². The molecule has 0 saturated heterocycles. The van der Waals surface area contributed by atoms with Gasteiger partial charge in [-0.25, -0.2) is 0 Å². The lowest BCUT2D eigenvalue weighted by Gasteiger charge is -2.07. The first-order valence-corrected chi connectivity index (χ1v) is 5.63. The number of halogens is 1. The zero-order chi connectivity index (χ0) is 11.7. The average molecular weight is 284 g/mol. The van der Waals surface area contributed by atoms with E-state index in [-0.39, 0.29) is 10.6 Å². The van der Waals surface area contributed by atoms with Crippen LogP contribution in [0.2, 0.25) is 0 Å². The number of carboxylic acid groups (broad SMARTS) is 1. The van der Waals surface area contributed by atoms with Crippen molar-refractivity contribution < 1.29 is 19.4 Å². The number of aliphatic carboxylic acids is 1. The Hall–Kier alpha value is -1.36. The number of hydrogen-bond acceptors (Lipinski definition) is 4. The molecule has 1 unspecified atom stereocenters. The van der Waals surface area contributed by atoms with Crippen LogP contribution in [0.5, 0.6) is 5.75 Å². The van der Waals surface area contributed by atoms with Gasteiger partial charge in [0.1, 0.15) is 12.4 Å². The zero-order valence-electron chi connectivity index (χ0n) is 8.23. The molecule has 4 nitrogen and oxygen atoms in total. The van der Waals surface area contributed by atoms with Crippen LogP contribution in [0.15, 0.2) is 18.2 Å². The third-order valence-electron chi connectivity index (χ3n) is 2.38. The highest BCUT2D eigenvalue weighted by atomic mass is 79.9. The molecule has 0 radical (unpaired) electrons. The van der Waals surface area contributed by atoms with E-state index in [9.17, 15) is 14.7 Å². The molecule has 0 bridgehead atoms. The first-order valence-electron chi connectivity index (χ1n) is 4.72. The van der Waals surface area contributed by atoms with Gasteiger partial charge in [0.05, 0.1) is 10.8 Å². The number of rotatable bonds is 3. The molecule has 1 aromatic rings. The van der Waals surface area contributed by atoms with E-state index in [0.29, 0.717) is 17.7 Å². The van der Waals surface area contributed by atoms with E-state index < -0.39 is 12.6 Å². The topological polar surface area (TPSA) is 66.4 Å². The van der Waals surface area contributed by atoms with Gasteiger partial charge in [-0.1, -0.05) is 15.9 Å². The monoisotopic (exact) mass is 283 g/mol. The molecule has 0 aromatic heterocycles. The normalized spacial score (nSPS) is 18.3. The standard InChI is InChI=1S/C11H9BrO4/c12-9-4-6-3-7(16-5-10(13)14)1-2-8(6)11(9)15/h1-3,9H,4-5H2,(H,13,14)/p-1. The molecule has 2 rings (SSSR count). The molecule has 0 N–H and O–H groups in total. The highest BCUT2D eigenvalue weighted by molar-refractivity contribution is 9.10. The maximum absolute atomic E-state index is 11.6. The predicted molar refractivity (Wildman–Crippen MR) is 57.7 cm³/mol. The fourth-order valence-electron chi connectivity index (χ4n) is 1.67. The number of hydrogen-bond donors (Lipinski definition) is 0. The Morgan fingerprint density at radius 3 is 3.00 bits per heavy atom. The number of ether oxygens (including phenoxy) is 1. The summed E-state index contributed by atoms with van der Waals surface area (Å²) in [5.41, 5.74) is 1.55. The Labute approximate surface area is 100 Å². The highest BCUT2D eigenvalue weighted by Gasteiger charge is 2.28.